The van der Waals surface area contributed by atoms with E-state index in [4.69, 9.17) is 22.9 Å². The van der Waals surface area contributed by atoms with Crippen molar-refractivity contribution in [3.05, 3.63) is 0 Å². The first-order valence-electron chi connectivity index (χ1n) is 10.1. The molecule has 0 fully saturated rings. The van der Waals surface area contributed by atoms with Gasteiger partial charge in [-0.3, -0.25) is 24.2 Å². The van der Waals surface area contributed by atoms with Crippen LogP contribution in [0.15, 0.2) is 4.99 Å². The van der Waals surface area contributed by atoms with Gasteiger partial charge < -0.3 is 44.0 Å². The zero-order chi connectivity index (χ0) is 25.7. The molecule has 0 rings (SSSR count). The van der Waals surface area contributed by atoms with Crippen molar-refractivity contribution in [1.29, 1.82) is 0 Å². The number of hydrogen-bond donors (Lipinski definition) is 9. The molecule has 0 aliphatic rings. The molecule has 4 unspecified atom stereocenters. The number of amides is 4. The van der Waals surface area contributed by atoms with Gasteiger partial charge in [0.2, 0.25) is 23.6 Å². The molecule has 4 amide bonds. The Kier molecular flexibility index (Phi) is 13.5. The molecule has 0 aromatic heterocycles. The fourth-order valence-electron chi connectivity index (χ4n) is 2.58. The normalized spacial score (nSPS) is 14.3. The van der Waals surface area contributed by atoms with Crippen molar-refractivity contribution in [3.8, 4) is 0 Å². The number of nitrogens with zero attached hydrogens (tertiary/aromatic N) is 1. The van der Waals surface area contributed by atoms with Gasteiger partial charge in [-0.1, -0.05) is 13.8 Å². The molecule has 0 heterocycles. The van der Waals surface area contributed by atoms with E-state index in [2.05, 4.69) is 33.6 Å². The number of carbonyl (C=O) groups excluding carboxylic acids is 4. The van der Waals surface area contributed by atoms with Crippen molar-refractivity contribution in [1.82, 2.24) is 16.0 Å². The lowest BCUT2D eigenvalue weighted by atomic mass is 10.0. The molecule has 0 saturated carbocycles. The zero-order valence-electron chi connectivity index (χ0n) is 18.6. The monoisotopic (exact) mass is 490 g/mol. The van der Waals surface area contributed by atoms with E-state index < -0.39 is 66.1 Å². The topological polar surface area (TPSA) is 258 Å². The van der Waals surface area contributed by atoms with Gasteiger partial charge in [0.05, 0.1) is 12.5 Å². The summed E-state index contributed by atoms with van der Waals surface area (Å²) in [6.07, 6.45) is -0.262. The fraction of sp³-hybridized carbons (Fsp3) is 0.667. The van der Waals surface area contributed by atoms with Crippen LogP contribution >= 0.6 is 12.6 Å². The molecule has 15 heteroatoms. The summed E-state index contributed by atoms with van der Waals surface area (Å²) >= 11 is 3.90. The predicted octanol–water partition coefficient (Wildman–Crippen LogP) is -3.63. The average Bonchev–Trinajstić information content (AvgIpc) is 2.71. The van der Waals surface area contributed by atoms with Crippen LogP contribution in [-0.4, -0.2) is 77.1 Å². The lowest BCUT2D eigenvalue weighted by molar-refractivity contribution is -0.143. The molecule has 0 aliphatic carbocycles. The van der Waals surface area contributed by atoms with Crippen molar-refractivity contribution in [2.45, 2.75) is 57.3 Å². The quantitative estimate of drug-likeness (QED) is 0.0474. The smallest absolute Gasteiger partial charge is 0.326 e. The number of carboxylic acids is 1. The summed E-state index contributed by atoms with van der Waals surface area (Å²) in [6, 6.07) is -4.87. The van der Waals surface area contributed by atoms with Crippen LogP contribution in [0.3, 0.4) is 0 Å². The second-order valence-electron chi connectivity index (χ2n) is 7.60. The summed E-state index contributed by atoms with van der Waals surface area (Å²) in [7, 11) is 0. The Morgan fingerprint density at radius 1 is 0.939 bits per heavy atom. The van der Waals surface area contributed by atoms with Gasteiger partial charge in [-0.15, -0.1) is 0 Å². The maximum atomic E-state index is 12.8. The third kappa shape index (κ3) is 11.9. The molecular weight excluding hydrogens is 456 g/mol. The minimum absolute atomic E-state index is 0.0155. The number of aliphatic imine (C=N–C) groups is 1. The lowest BCUT2D eigenvalue weighted by Crippen LogP contribution is -2.58. The molecule has 0 aliphatic heterocycles. The van der Waals surface area contributed by atoms with Crippen LogP contribution in [0.25, 0.3) is 0 Å². The Bertz CT molecular complexity index is 743. The number of primary amides is 1. The van der Waals surface area contributed by atoms with Gasteiger partial charge in [-0.2, -0.15) is 12.6 Å². The predicted molar refractivity (Wildman–Crippen MR) is 124 cm³/mol. The summed E-state index contributed by atoms with van der Waals surface area (Å²) < 4.78 is 0. The van der Waals surface area contributed by atoms with Crippen molar-refractivity contribution in [2.75, 3.05) is 12.3 Å². The van der Waals surface area contributed by atoms with Crippen LogP contribution in [0.5, 0.6) is 0 Å². The Labute approximate surface area is 197 Å². The second kappa shape index (κ2) is 14.9. The van der Waals surface area contributed by atoms with E-state index in [0.717, 1.165) is 0 Å². The Hall–Kier alpha value is -3.07. The second-order valence-corrected chi connectivity index (χ2v) is 7.96. The third-order valence-electron chi connectivity index (χ3n) is 4.38. The molecule has 0 saturated heterocycles. The maximum Gasteiger partial charge on any atom is 0.326 e. The van der Waals surface area contributed by atoms with E-state index >= 15 is 0 Å². The molecule has 0 aromatic rings. The summed E-state index contributed by atoms with van der Waals surface area (Å²) in [5.41, 5.74) is 21.3. The van der Waals surface area contributed by atoms with Crippen LogP contribution in [0.2, 0.25) is 0 Å². The van der Waals surface area contributed by atoms with Gasteiger partial charge in [0, 0.05) is 12.3 Å². The Morgan fingerprint density at radius 2 is 1.48 bits per heavy atom. The molecule has 0 bridgehead atoms. The Morgan fingerprint density at radius 3 is 1.94 bits per heavy atom. The van der Waals surface area contributed by atoms with Crippen LogP contribution in [0.4, 0.5) is 0 Å². The van der Waals surface area contributed by atoms with Crippen LogP contribution in [0, 0.1) is 5.92 Å². The van der Waals surface area contributed by atoms with Gasteiger partial charge in [-0.25, -0.2) is 4.79 Å². The number of nitrogens with one attached hydrogen (secondary N) is 3. The van der Waals surface area contributed by atoms with Crippen LogP contribution < -0.4 is 38.9 Å². The molecule has 188 valence electrons. The average molecular weight is 491 g/mol. The van der Waals surface area contributed by atoms with E-state index in [-0.39, 0.29) is 31.1 Å². The number of carboxylic acid groups (broad SMARTS) is 1. The highest BCUT2D eigenvalue weighted by molar-refractivity contribution is 7.80. The molecule has 0 aromatic carbocycles. The van der Waals surface area contributed by atoms with E-state index in [9.17, 15) is 29.1 Å². The molecule has 0 radical (unpaired) electrons. The van der Waals surface area contributed by atoms with E-state index in [1.165, 1.54) is 0 Å². The SMILES string of the molecule is CC(C)C(NC(=O)C(CCCN=C(N)N)NC(=O)C(CC(N)=O)NC(=O)C(N)CS)C(=O)O. The molecule has 33 heavy (non-hydrogen) atoms. The highest BCUT2D eigenvalue weighted by atomic mass is 32.1. The first-order chi connectivity index (χ1) is 15.3. The Balaban J connectivity index is 5.59. The molecule has 12 N–H and O–H groups in total. The minimum atomic E-state index is -1.41. The van der Waals surface area contributed by atoms with Gasteiger partial charge in [0.25, 0.3) is 0 Å². The number of nitrogens with two attached hydrogens (primary N) is 4. The number of guanidine groups is 1. The van der Waals surface area contributed by atoms with Crippen molar-refractivity contribution >= 4 is 48.2 Å². The summed E-state index contributed by atoms with van der Waals surface area (Å²) in [5, 5.41) is 16.4. The van der Waals surface area contributed by atoms with Crippen molar-refractivity contribution in [3.63, 3.8) is 0 Å². The van der Waals surface area contributed by atoms with E-state index in [1.807, 2.05) is 0 Å². The first kappa shape index (κ1) is 29.9. The largest absolute Gasteiger partial charge is 0.480 e. The molecule has 0 spiro atoms. The minimum Gasteiger partial charge on any atom is -0.480 e. The highest BCUT2D eigenvalue weighted by Crippen LogP contribution is 2.06. The standard InChI is InChI=1S/C18H34N8O6S/c1-8(2)13(17(31)32)26-15(29)10(4-3-5-23-18(21)22)24-16(30)11(6-12(20)27)25-14(28)9(19)7-33/h8-11,13,33H,3-7,19H2,1-2H3,(H2,20,27)(H,24,30)(H,25,28)(H,26,29)(H,31,32)(H4,21,22,23). The zero-order valence-corrected chi connectivity index (χ0v) is 19.5. The third-order valence-corrected chi connectivity index (χ3v) is 4.77. The molecule has 14 nitrogen and oxygen atoms in total. The van der Waals surface area contributed by atoms with Gasteiger partial charge in [-0.05, 0) is 18.8 Å². The summed E-state index contributed by atoms with van der Waals surface area (Å²) in [4.78, 5) is 64.2. The molecular formula is C18H34N8O6S. The summed E-state index contributed by atoms with van der Waals surface area (Å²) in [6.45, 7) is 3.36. The highest BCUT2D eigenvalue weighted by Gasteiger charge is 2.31. The fourth-order valence-corrected chi connectivity index (χ4v) is 2.75. The lowest BCUT2D eigenvalue weighted by Gasteiger charge is -2.25. The maximum absolute atomic E-state index is 12.8. The molecule has 4 atom stereocenters. The van der Waals surface area contributed by atoms with Crippen LogP contribution in [0.1, 0.15) is 33.1 Å². The number of hydrogen-bond acceptors (Lipinski definition) is 8. The van der Waals surface area contributed by atoms with Crippen LogP contribution in [-0.2, 0) is 24.0 Å². The van der Waals surface area contributed by atoms with E-state index in [0.29, 0.717) is 0 Å². The van der Waals surface area contributed by atoms with Gasteiger partial charge in [0.15, 0.2) is 5.96 Å². The number of thiol groups is 1. The van der Waals surface area contributed by atoms with Gasteiger partial charge in [0.1, 0.15) is 18.1 Å². The summed E-state index contributed by atoms with van der Waals surface area (Å²) in [5.74, 6) is -5.14. The van der Waals surface area contributed by atoms with Crippen molar-refractivity contribution < 1.29 is 29.1 Å². The van der Waals surface area contributed by atoms with E-state index in [1.54, 1.807) is 13.8 Å². The van der Waals surface area contributed by atoms with Crippen molar-refractivity contribution in [2.24, 2.45) is 33.8 Å². The number of aliphatic carboxylic acids is 1. The number of carbonyl (C=O) groups is 5. The van der Waals surface area contributed by atoms with Gasteiger partial charge >= 0.3 is 5.97 Å². The first-order valence-corrected chi connectivity index (χ1v) is 10.8. The number of rotatable bonds is 15.